The Balaban J connectivity index is 2.02. The maximum Gasteiger partial charge on any atom is 0.573 e. The molecule has 2 heterocycles. The maximum absolute atomic E-state index is 12.3. The highest BCUT2D eigenvalue weighted by Crippen LogP contribution is 2.35. The van der Waals surface area contributed by atoms with E-state index in [0.29, 0.717) is 0 Å². The normalized spacial score (nSPS) is 12.1. The van der Waals surface area contributed by atoms with Crippen LogP contribution in [0.3, 0.4) is 0 Å². The molecule has 0 atom stereocenters. The minimum Gasteiger partial charge on any atom is -0.455 e. The van der Waals surface area contributed by atoms with Crippen LogP contribution in [0, 0.1) is 10.1 Å². The molecule has 26 heavy (non-hydrogen) atoms. The molecule has 0 N–H and O–H groups in total. The van der Waals surface area contributed by atoms with E-state index in [1.54, 1.807) is 0 Å². The van der Waals surface area contributed by atoms with Crippen molar-refractivity contribution in [1.29, 1.82) is 0 Å². The number of alkyl halides is 3. The van der Waals surface area contributed by atoms with Crippen LogP contribution in [0.15, 0.2) is 50.0 Å². The fraction of sp³-hybridized carbons (Fsp3) is 0.0625. The summed E-state index contributed by atoms with van der Waals surface area (Å²) < 4.78 is 51.4. The van der Waals surface area contributed by atoms with Gasteiger partial charge in [0.05, 0.1) is 10.3 Å². The molecule has 2 aromatic carbocycles. The van der Waals surface area contributed by atoms with E-state index < -0.39 is 22.7 Å². The van der Waals surface area contributed by atoms with Gasteiger partial charge in [0.25, 0.3) is 5.69 Å². The first-order chi connectivity index (χ1) is 12.2. The van der Waals surface area contributed by atoms with Gasteiger partial charge < -0.3 is 13.6 Å². The number of furan rings is 1. The highest BCUT2D eigenvalue weighted by Gasteiger charge is 2.31. The number of benzene rings is 2. The van der Waals surface area contributed by atoms with Crippen molar-refractivity contribution in [3.05, 3.63) is 56.9 Å². The molecule has 10 heteroatoms. The van der Waals surface area contributed by atoms with Gasteiger partial charge in [-0.05, 0) is 18.2 Å². The average molecular weight is 365 g/mol. The molecule has 0 saturated heterocycles. The summed E-state index contributed by atoms with van der Waals surface area (Å²) in [6, 6.07) is 6.93. The predicted molar refractivity (Wildman–Crippen MR) is 83.1 cm³/mol. The van der Waals surface area contributed by atoms with Crippen molar-refractivity contribution in [2.24, 2.45) is 0 Å². The number of rotatable bonds is 2. The van der Waals surface area contributed by atoms with Crippen molar-refractivity contribution in [2.75, 3.05) is 0 Å². The van der Waals surface area contributed by atoms with Crippen molar-refractivity contribution in [2.45, 2.75) is 6.36 Å². The number of ether oxygens (including phenoxy) is 1. The third-order valence-corrected chi connectivity index (χ3v) is 3.72. The first kappa shape index (κ1) is 15.9. The number of fused-ring (bicyclic) bond motifs is 5. The molecule has 0 fully saturated rings. The molecular formula is C16H6F3NO6. The Kier molecular flexibility index (Phi) is 3.20. The Morgan fingerprint density at radius 2 is 1.77 bits per heavy atom. The zero-order chi connectivity index (χ0) is 18.6. The molecule has 0 radical (unpaired) electrons. The molecule has 0 spiro atoms. The standard InChI is InChI=1S/C16H6F3NO6/c17-16(18,19)26-8-2-3-9-12(6-8)25-15(21)13-10-5-7(20(22)23)1-4-11(10)24-14(9)13/h1-6H. The van der Waals surface area contributed by atoms with Gasteiger partial charge >= 0.3 is 12.0 Å². The fourth-order valence-electron chi connectivity index (χ4n) is 2.71. The molecule has 0 aliphatic carbocycles. The lowest BCUT2D eigenvalue weighted by Crippen LogP contribution is -2.17. The lowest BCUT2D eigenvalue weighted by molar-refractivity contribution is -0.384. The second-order valence-electron chi connectivity index (χ2n) is 5.34. The Morgan fingerprint density at radius 1 is 1.00 bits per heavy atom. The van der Waals surface area contributed by atoms with Gasteiger partial charge in [0.15, 0.2) is 5.58 Å². The molecular weight excluding hydrogens is 359 g/mol. The molecule has 0 amide bonds. The number of nitro groups is 1. The van der Waals surface area contributed by atoms with Crippen molar-refractivity contribution < 1.29 is 31.7 Å². The molecule has 132 valence electrons. The summed E-state index contributed by atoms with van der Waals surface area (Å²) in [4.78, 5) is 22.6. The van der Waals surface area contributed by atoms with Crippen LogP contribution in [0.25, 0.3) is 32.9 Å². The highest BCUT2D eigenvalue weighted by atomic mass is 19.4. The van der Waals surface area contributed by atoms with E-state index >= 15 is 0 Å². The molecule has 0 saturated carbocycles. The Labute approximate surface area is 140 Å². The summed E-state index contributed by atoms with van der Waals surface area (Å²) in [6.45, 7) is 0. The third-order valence-electron chi connectivity index (χ3n) is 3.72. The first-order valence-electron chi connectivity index (χ1n) is 7.06. The Morgan fingerprint density at radius 3 is 2.46 bits per heavy atom. The lowest BCUT2D eigenvalue weighted by Gasteiger charge is -2.08. The summed E-state index contributed by atoms with van der Waals surface area (Å²) >= 11 is 0. The SMILES string of the molecule is O=c1oc2cc(OC(F)(F)F)ccc2c2oc3ccc([N+](=O)[O-])cc3c12. The number of hydrogen-bond donors (Lipinski definition) is 0. The predicted octanol–water partition coefficient (Wildman–Crippen LogP) is 4.50. The number of nitrogens with zero attached hydrogens (tertiary/aromatic N) is 1. The molecule has 0 aliphatic heterocycles. The summed E-state index contributed by atoms with van der Waals surface area (Å²) in [6.07, 6.45) is -4.89. The highest BCUT2D eigenvalue weighted by molar-refractivity contribution is 6.13. The molecule has 0 aliphatic rings. The van der Waals surface area contributed by atoms with Crippen LogP contribution >= 0.6 is 0 Å². The van der Waals surface area contributed by atoms with Gasteiger partial charge in [-0.1, -0.05) is 0 Å². The van der Waals surface area contributed by atoms with Crippen LogP contribution in [0.1, 0.15) is 0 Å². The second-order valence-corrected chi connectivity index (χ2v) is 5.34. The van der Waals surface area contributed by atoms with Crippen LogP contribution in [-0.2, 0) is 0 Å². The quantitative estimate of drug-likeness (QED) is 0.295. The van der Waals surface area contributed by atoms with E-state index in [-0.39, 0.29) is 38.6 Å². The summed E-state index contributed by atoms with van der Waals surface area (Å²) in [5, 5.41) is 11.3. The molecule has 0 unspecified atom stereocenters. The van der Waals surface area contributed by atoms with Gasteiger partial charge in [0, 0.05) is 23.6 Å². The molecule has 4 rings (SSSR count). The zero-order valence-corrected chi connectivity index (χ0v) is 12.5. The van der Waals surface area contributed by atoms with Gasteiger partial charge in [0.2, 0.25) is 0 Å². The second kappa shape index (κ2) is 5.22. The van der Waals surface area contributed by atoms with E-state index in [9.17, 15) is 28.1 Å². The van der Waals surface area contributed by atoms with Crippen LogP contribution in [0.2, 0.25) is 0 Å². The number of nitro benzene ring substituents is 1. The number of non-ortho nitro benzene ring substituents is 1. The van der Waals surface area contributed by atoms with Crippen LogP contribution in [0.4, 0.5) is 18.9 Å². The van der Waals surface area contributed by atoms with Crippen molar-refractivity contribution >= 4 is 38.6 Å². The first-order valence-corrected chi connectivity index (χ1v) is 7.06. The van der Waals surface area contributed by atoms with Gasteiger partial charge in [-0.15, -0.1) is 13.2 Å². The maximum atomic E-state index is 12.3. The van der Waals surface area contributed by atoms with Gasteiger partial charge in [-0.2, -0.15) is 0 Å². The molecule has 0 bridgehead atoms. The van der Waals surface area contributed by atoms with Gasteiger partial charge in [0.1, 0.15) is 22.3 Å². The van der Waals surface area contributed by atoms with E-state index in [1.165, 1.54) is 24.3 Å². The monoisotopic (exact) mass is 365 g/mol. The molecule has 2 aromatic heterocycles. The van der Waals surface area contributed by atoms with E-state index in [4.69, 9.17) is 8.83 Å². The third kappa shape index (κ3) is 2.51. The number of halogens is 3. The van der Waals surface area contributed by atoms with Crippen molar-refractivity contribution in [3.8, 4) is 5.75 Å². The smallest absolute Gasteiger partial charge is 0.455 e. The number of hydrogen-bond acceptors (Lipinski definition) is 6. The van der Waals surface area contributed by atoms with Gasteiger partial charge in [-0.3, -0.25) is 10.1 Å². The Bertz CT molecular complexity index is 1250. The van der Waals surface area contributed by atoms with Crippen LogP contribution in [-0.4, -0.2) is 11.3 Å². The Hall–Kier alpha value is -3.56. The summed E-state index contributed by atoms with van der Waals surface area (Å²) in [5.74, 6) is -0.556. The van der Waals surface area contributed by atoms with Crippen LogP contribution in [0.5, 0.6) is 5.75 Å². The minimum absolute atomic E-state index is 0.0271. The van der Waals surface area contributed by atoms with Crippen LogP contribution < -0.4 is 10.4 Å². The molecule has 7 nitrogen and oxygen atoms in total. The van der Waals surface area contributed by atoms with E-state index in [2.05, 4.69) is 4.74 Å². The fourth-order valence-corrected chi connectivity index (χ4v) is 2.71. The largest absolute Gasteiger partial charge is 0.573 e. The lowest BCUT2D eigenvalue weighted by atomic mass is 10.1. The summed E-state index contributed by atoms with van der Waals surface area (Å²) in [7, 11) is 0. The zero-order valence-electron chi connectivity index (χ0n) is 12.5. The topological polar surface area (TPSA) is 95.7 Å². The minimum atomic E-state index is -4.89. The van der Waals surface area contributed by atoms with Gasteiger partial charge in [-0.25, -0.2) is 4.79 Å². The summed E-state index contributed by atoms with van der Waals surface area (Å²) in [5.41, 5.74) is -1.03. The van der Waals surface area contributed by atoms with E-state index in [1.807, 2.05) is 0 Å². The van der Waals surface area contributed by atoms with Crippen molar-refractivity contribution in [1.82, 2.24) is 0 Å². The average Bonchev–Trinajstić information content (AvgIpc) is 2.92. The van der Waals surface area contributed by atoms with E-state index in [0.717, 1.165) is 12.1 Å². The molecule has 4 aromatic rings. The van der Waals surface area contributed by atoms with Crippen molar-refractivity contribution in [3.63, 3.8) is 0 Å².